The molecule has 1 fully saturated rings. The molecule has 2 aliphatic heterocycles. The summed E-state index contributed by atoms with van der Waals surface area (Å²) in [5.41, 5.74) is 0. The minimum atomic E-state index is -3.44. The summed E-state index contributed by atoms with van der Waals surface area (Å²) < 4.78 is 28.8. The molecule has 0 bridgehead atoms. The first-order valence-corrected chi connectivity index (χ1v) is 8.31. The summed E-state index contributed by atoms with van der Waals surface area (Å²) >= 11 is 0. The Morgan fingerprint density at radius 2 is 2.21 bits per heavy atom. The van der Waals surface area contributed by atoms with Crippen molar-refractivity contribution < 1.29 is 8.42 Å². The fourth-order valence-corrected chi connectivity index (χ4v) is 4.41. The molecule has 0 radical (unpaired) electrons. The number of aromatic nitrogens is 2. The highest BCUT2D eigenvalue weighted by molar-refractivity contribution is 7.89. The van der Waals surface area contributed by atoms with Gasteiger partial charge >= 0.3 is 0 Å². The van der Waals surface area contributed by atoms with E-state index in [-0.39, 0.29) is 11.1 Å². The highest BCUT2D eigenvalue weighted by atomic mass is 32.2. The van der Waals surface area contributed by atoms with Crippen LogP contribution in [0.2, 0.25) is 0 Å². The Bertz CT molecular complexity index is 543. The Labute approximate surface area is 113 Å². The first-order valence-electron chi connectivity index (χ1n) is 6.87. The van der Waals surface area contributed by atoms with E-state index in [2.05, 4.69) is 10.3 Å². The monoisotopic (exact) mass is 284 g/mol. The van der Waals surface area contributed by atoms with Gasteiger partial charge < -0.3 is 9.88 Å². The minimum Gasteiger partial charge on any atom is -0.333 e. The van der Waals surface area contributed by atoms with E-state index in [1.807, 2.05) is 11.5 Å². The Morgan fingerprint density at radius 1 is 1.37 bits per heavy atom. The lowest BCUT2D eigenvalue weighted by Crippen LogP contribution is -2.52. The molecule has 0 amide bonds. The van der Waals surface area contributed by atoms with Gasteiger partial charge in [0.05, 0.1) is 0 Å². The topological polar surface area (TPSA) is 67.2 Å². The molecule has 0 spiro atoms. The molecule has 0 aromatic carbocycles. The van der Waals surface area contributed by atoms with Crippen LogP contribution in [0.1, 0.15) is 25.6 Å². The van der Waals surface area contributed by atoms with Crippen molar-refractivity contribution in [2.24, 2.45) is 0 Å². The third-order valence-electron chi connectivity index (χ3n) is 3.90. The first-order chi connectivity index (χ1) is 9.09. The number of hydrogen-bond donors (Lipinski definition) is 1. The van der Waals surface area contributed by atoms with Gasteiger partial charge in [-0.15, -0.1) is 0 Å². The van der Waals surface area contributed by atoms with Crippen LogP contribution in [0.3, 0.4) is 0 Å². The lowest BCUT2D eigenvalue weighted by atomic mass is 10.2. The lowest BCUT2D eigenvalue weighted by Gasteiger charge is -2.32. The van der Waals surface area contributed by atoms with Gasteiger partial charge in [0.2, 0.25) is 0 Å². The van der Waals surface area contributed by atoms with Crippen molar-refractivity contribution in [3.63, 3.8) is 0 Å². The molecular formula is C12H20N4O2S. The largest absolute Gasteiger partial charge is 0.333 e. The summed E-state index contributed by atoms with van der Waals surface area (Å²) in [6, 6.07) is -0.0162. The zero-order chi connectivity index (χ0) is 13.5. The van der Waals surface area contributed by atoms with Crippen LogP contribution in [-0.4, -0.2) is 48.0 Å². The predicted molar refractivity (Wildman–Crippen MR) is 71.4 cm³/mol. The van der Waals surface area contributed by atoms with Crippen LogP contribution in [0.4, 0.5) is 0 Å². The number of fused-ring (bicyclic) bond motifs is 1. The molecule has 0 aliphatic carbocycles. The third-order valence-corrected chi connectivity index (χ3v) is 5.79. The summed E-state index contributed by atoms with van der Waals surface area (Å²) in [6.07, 6.45) is 4.79. The Hall–Kier alpha value is -0.920. The average molecular weight is 284 g/mol. The Morgan fingerprint density at radius 3 is 2.95 bits per heavy atom. The Balaban J connectivity index is 1.93. The van der Waals surface area contributed by atoms with Gasteiger partial charge in [0, 0.05) is 44.8 Å². The highest BCUT2D eigenvalue weighted by Crippen LogP contribution is 2.22. The molecule has 3 rings (SSSR count). The minimum absolute atomic E-state index is 0.0162. The van der Waals surface area contributed by atoms with E-state index >= 15 is 0 Å². The predicted octanol–water partition coefficient (Wildman–Crippen LogP) is 0.202. The van der Waals surface area contributed by atoms with Crippen LogP contribution in [-0.2, 0) is 23.0 Å². The average Bonchev–Trinajstić information content (AvgIpc) is 2.83. The number of sulfonamides is 1. The number of imidazole rings is 1. The number of hydrogen-bond acceptors (Lipinski definition) is 4. The standard InChI is InChI=1S/C12H20N4O2S/c1-10-8-13-5-7-16(10)19(17,18)12-9-15-6-3-2-4-11(15)14-12/h9-10,13H,2-8H2,1H3. The molecule has 1 aromatic heterocycles. The van der Waals surface area contributed by atoms with E-state index in [0.717, 1.165) is 31.6 Å². The quantitative estimate of drug-likeness (QED) is 0.842. The van der Waals surface area contributed by atoms with E-state index in [4.69, 9.17) is 0 Å². The van der Waals surface area contributed by atoms with Gasteiger partial charge in [0.25, 0.3) is 10.0 Å². The molecule has 1 saturated heterocycles. The van der Waals surface area contributed by atoms with Crippen LogP contribution in [0.5, 0.6) is 0 Å². The molecule has 1 unspecified atom stereocenters. The zero-order valence-electron chi connectivity index (χ0n) is 11.2. The molecule has 7 heteroatoms. The molecule has 1 atom stereocenters. The van der Waals surface area contributed by atoms with Crippen LogP contribution >= 0.6 is 0 Å². The molecule has 3 heterocycles. The zero-order valence-corrected chi connectivity index (χ0v) is 12.0. The van der Waals surface area contributed by atoms with Crippen LogP contribution in [0.15, 0.2) is 11.2 Å². The van der Waals surface area contributed by atoms with Gasteiger partial charge in [0.15, 0.2) is 5.03 Å². The fraction of sp³-hybridized carbons (Fsp3) is 0.750. The summed E-state index contributed by atoms with van der Waals surface area (Å²) in [5.74, 6) is 0.910. The molecule has 19 heavy (non-hydrogen) atoms. The number of aryl methyl sites for hydroxylation is 2. The molecule has 6 nitrogen and oxygen atoms in total. The van der Waals surface area contributed by atoms with Gasteiger partial charge in [-0.3, -0.25) is 0 Å². The molecule has 1 N–H and O–H groups in total. The lowest BCUT2D eigenvalue weighted by molar-refractivity contribution is 0.283. The molecule has 2 aliphatic rings. The molecular weight excluding hydrogens is 264 g/mol. The van der Waals surface area contributed by atoms with Crippen LogP contribution < -0.4 is 5.32 Å². The molecule has 0 saturated carbocycles. The Kier molecular flexibility index (Phi) is 3.36. The van der Waals surface area contributed by atoms with E-state index in [1.165, 1.54) is 0 Å². The second kappa shape index (κ2) is 4.88. The van der Waals surface area contributed by atoms with E-state index in [0.29, 0.717) is 19.6 Å². The maximum Gasteiger partial charge on any atom is 0.262 e. The van der Waals surface area contributed by atoms with Gasteiger partial charge in [-0.25, -0.2) is 13.4 Å². The second-order valence-electron chi connectivity index (χ2n) is 5.31. The molecule has 1 aromatic rings. The van der Waals surface area contributed by atoms with Crippen molar-refractivity contribution in [3.05, 3.63) is 12.0 Å². The first kappa shape index (κ1) is 13.1. The van der Waals surface area contributed by atoms with Gasteiger partial charge in [-0.1, -0.05) is 0 Å². The highest BCUT2D eigenvalue weighted by Gasteiger charge is 2.33. The van der Waals surface area contributed by atoms with Crippen molar-refractivity contribution in [2.45, 2.75) is 43.8 Å². The maximum atomic E-state index is 12.6. The number of piperazine rings is 1. The van der Waals surface area contributed by atoms with Gasteiger partial charge in [-0.05, 0) is 19.8 Å². The SMILES string of the molecule is CC1CNCCN1S(=O)(=O)c1cn2c(n1)CCCC2. The van der Waals surface area contributed by atoms with Crippen LogP contribution in [0.25, 0.3) is 0 Å². The van der Waals surface area contributed by atoms with E-state index in [9.17, 15) is 8.42 Å². The van der Waals surface area contributed by atoms with Crippen molar-refractivity contribution in [3.8, 4) is 0 Å². The van der Waals surface area contributed by atoms with Crippen molar-refractivity contribution in [2.75, 3.05) is 19.6 Å². The van der Waals surface area contributed by atoms with E-state index in [1.54, 1.807) is 10.5 Å². The van der Waals surface area contributed by atoms with Crippen molar-refractivity contribution in [1.82, 2.24) is 19.2 Å². The van der Waals surface area contributed by atoms with Crippen molar-refractivity contribution >= 4 is 10.0 Å². The fourth-order valence-electron chi connectivity index (χ4n) is 2.81. The van der Waals surface area contributed by atoms with Gasteiger partial charge in [0.1, 0.15) is 5.82 Å². The number of nitrogens with zero attached hydrogens (tertiary/aromatic N) is 3. The van der Waals surface area contributed by atoms with Gasteiger partial charge in [-0.2, -0.15) is 4.31 Å². The summed E-state index contributed by atoms with van der Waals surface area (Å²) in [5, 5.41) is 3.43. The summed E-state index contributed by atoms with van der Waals surface area (Å²) in [7, 11) is -3.44. The second-order valence-corrected chi connectivity index (χ2v) is 7.15. The smallest absolute Gasteiger partial charge is 0.262 e. The summed E-state index contributed by atoms with van der Waals surface area (Å²) in [6.45, 7) is 4.74. The summed E-state index contributed by atoms with van der Waals surface area (Å²) in [4.78, 5) is 4.35. The number of nitrogens with one attached hydrogen (secondary N) is 1. The number of rotatable bonds is 2. The molecule has 106 valence electrons. The third kappa shape index (κ3) is 2.30. The van der Waals surface area contributed by atoms with E-state index < -0.39 is 10.0 Å². The van der Waals surface area contributed by atoms with Crippen LogP contribution in [0, 0.1) is 0 Å². The van der Waals surface area contributed by atoms with Crippen molar-refractivity contribution in [1.29, 1.82) is 0 Å². The normalized spacial score (nSPS) is 25.2. The maximum absolute atomic E-state index is 12.6.